The highest BCUT2D eigenvalue weighted by atomic mass is 32.2. The van der Waals surface area contributed by atoms with Crippen LogP contribution < -0.4 is 16.4 Å². The summed E-state index contributed by atoms with van der Waals surface area (Å²) in [4.78, 5) is 16.2. The van der Waals surface area contributed by atoms with Crippen molar-refractivity contribution in [1.29, 1.82) is 0 Å². The summed E-state index contributed by atoms with van der Waals surface area (Å²) in [6.07, 6.45) is 1.59. The van der Waals surface area contributed by atoms with Crippen LogP contribution in [0.15, 0.2) is 0 Å². The third-order valence-corrected chi connectivity index (χ3v) is 3.92. The van der Waals surface area contributed by atoms with Crippen LogP contribution in [0.3, 0.4) is 0 Å². The van der Waals surface area contributed by atoms with Gasteiger partial charge in [0.25, 0.3) is 5.91 Å². The number of aromatic nitrogens is 1. The van der Waals surface area contributed by atoms with Crippen LogP contribution in [-0.4, -0.2) is 53.9 Å². The molecular weight excluding hydrogens is 288 g/mol. The van der Waals surface area contributed by atoms with E-state index in [2.05, 4.69) is 15.6 Å². The quantitative estimate of drug-likeness (QED) is 0.579. The SMILES string of the molecule is COCCNc1nc(N)c(C(=O)NCCS(C)=O)s1. The first-order valence-electron chi connectivity index (χ1n) is 5.62. The largest absolute Gasteiger partial charge is 0.383 e. The van der Waals surface area contributed by atoms with Crippen LogP contribution in [0.2, 0.25) is 0 Å². The average molecular weight is 306 g/mol. The molecule has 0 aliphatic rings. The van der Waals surface area contributed by atoms with E-state index in [0.29, 0.717) is 35.5 Å². The molecule has 1 rings (SSSR count). The number of hydrogen-bond acceptors (Lipinski definition) is 7. The highest BCUT2D eigenvalue weighted by Crippen LogP contribution is 2.24. The lowest BCUT2D eigenvalue weighted by molar-refractivity contribution is 0.0961. The highest BCUT2D eigenvalue weighted by molar-refractivity contribution is 7.84. The van der Waals surface area contributed by atoms with Gasteiger partial charge in [0.1, 0.15) is 10.7 Å². The molecule has 0 bridgehead atoms. The lowest BCUT2D eigenvalue weighted by Gasteiger charge is -2.01. The Bertz CT molecular complexity index is 450. The second-order valence-electron chi connectivity index (χ2n) is 3.69. The van der Waals surface area contributed by atoms with Crippen LogP contribution in [0.1, 0.15) is 9.67 Å². The molecule has 1 aromatic heterocycles. The van der Waals surface area contributed by atoms with Gasteiger partial charge in [-0.25, -0.2) is 4.98 Å². The summed E-state index contributed by atoms with van der Waals surface area (Å²) in [5, 5.41) is 6.25. The van der Waals surface area contributed by atoms with Gasteiger partial charge in [0, 0.05) is 43.0 Å². The van der Waals surface area contributed by atoms with E-state index in [0.717, 1.165) is 0 Å². The minimum absolute atomic E-state index is 0.194. The summed E-state index contributed by atoms with van der Waals surface area (Å²) >= 11 is 1.19. The summed E-state index contributed by atoms with van der Waals surface area (Å²) in [5.41, 5.74) is 5.69. The molecule has 0 aliphatic carbocycles. The zero-order chi connectivity index (χ0) is 14.3. The van der Waals surface area contributed by atoms with Crippen molar-refractivity contribution in [3.05, 3.63) is 4.88 Å². The normalized spacial score (nSPS) is 12.1. The van der Waals surface area contributed by atoms with E-state index in [1.54, 1.807) is 13.4 Å². The van der Waals surface area contributed by atoms with Crippen LogP contribution in [0.25, 0.3) is 0 Å². The highest BCUT2D eigenvalue weighted by Gasteiger charge is 2.15. The van der Waals surface area contributed by atoms with Crippen LogP contribution in [0, 0.1) is 0 Å². The van der Waals surface area contributed by atoms with Crippen LogP contribution in [0.5, 0.6) is 0 Å². The molecule has 7 nitrogen and oxygen atoms in total. The Balaban J connectivity index is 2.52. The zero-order valence-corrected chi connectivity index (χ0v) is 12.5. The number of carbonyl (C=O) groups is 1. The van der Waals surface area contributed by atoms with Crippen molar-refractivity contribution in [3.63, 3.8) is 0 Å². The van der Waals surface area contributed by atoms with Gasteiger partial charge in [-0.05, 0) is 0 Å². The van der Waals surface area contributed by atoms with E-state index in [9.17, 15) is 9.00 Å². The van der Waals surface area contributed by atoms with E-state index >= 15 is 0 Å². The van der Waals surface area contributed by atoms with E-state index in [1.165, 1.54) is 11.3 Å². The Morgan fingerprint density at radius 2 is 2.26 bits per heavy atom. The zero-order valence-electron chi connectivity index (χ0n) is 10.9. The van der Waals surface area contributed by atoms with Gasteiger partial charge in [-0.3, -0.25) is 9.00 Å². The predicted octanol–water partition coefficient (Wildman–Crippen LogP) is -0.108. The van der Waals surface area contributed by atoms with E-state index < -0.39 is 10.8 Å². The molecule has 1 aromatic rings. The number of methoxy groups -OCH3 is 1. The molecule has 0 spiro atoms. The van der Waals surface area contributed by atoms with Gasteiger partial charge in [0.05, 0.1) is 6.61 Å². The van der Waals surface area contributed by atoms with E-state index in [-0.39, 0.29) is 11.7 Å². The first kappa shape index (κ1) is 15.9. The molecule has 1 unspecified atom stereocenters. The van der Waals surface area contributed by atoms with Gasteiger partial charge in [-0.15, -0.1) is 0 Å². The number of nitrogens with two attached hydrogens (primary N) is 1. The van der Waals surface area contributed by atoms with Gasteiger partial charge in [-0.2, -0.15) is 0 Å². The number of nitrogens with one attached hydrogen (secondary N) is 2. The van der Waals surface area contributed by atoms with Crippen LogP contribution in [0.4, 0.5) is 10.9 Å². The fraction of sp³-hybridized carbons (Fsp3) is 0.600. The number of amides is 1. The number of hydrogen-bond donors (Lipinski definition) is 3. The maximum absolute atomic E-state index is 11.8. The first-order valence-corrected chi connectivity index (χ1v) is 8.16. The smallest absolute Gasteiger partial charge is 0.265 e. The van der Waals surface area contributed by atoms with Crippen molar-refractivity contribution in [2.24, 2.45) is 0 Å². The molecule has 0 radical (unpaired) electrons. The Morgan fingerprint density at radius 1 is 1.53 bits per heavy atom. The predicted molar refractivity (Wildman–Crippen MR) is 78.2 cm³/mol. The summed E-state index contributed by atoms with van der Waals surface area (Å²) in [6.45, 7) is 1.49. The second-order valence-corrected chi connectivity index (χ2v) is 6.24. The Kier molecular flexibility index (Phi) is 6.74. The topological polar surface area (TPSA) is 106 Å². The fourth-order valence-corrected chi connectivity index (χ4v) is 2.44. The summed E-state index contributed by atoms with van der Waals surface area (Å²) in [5.74, 6) is 0.323. The molecule has 0 fully saturated rings. The van der Waals surface area contributed by atoms with Gasteiger partial charge in [0.2, 0.25) is 0 Å². The van der Waals surface area contributed by atoms with E-state index in [4.69, 9.17) is 10.5 Å². The lowest BCUT2D eigenvalue weighted by Crippen LogP contribution is -2.27. The van der Waals surface area contributed by atoms with Gasteiger partial charge in [0.15, 0.2) is 5.13 Å². The monoisotopic (exact) mass is 306 g/mol. The van der Waals surface area contributed by atoms with E-state index in [1.807, 2.05) is 0 Å². The van der Waals surface area contributed by atoms with Crippen molar-refractivity contribution in [2.75, 3.05) is 49.9 Å². The van der Waals surface area contributed by atoms with Crippen LogP contribution in [-0.2, 0) is 15.5 Å². The maximum Gasteiger partial charge on any atom is 0.265 e. The molecule has 1 heterocycles. The molecule has 9 heteroatoms. The molecule has 108 valence electrons. The molecular formula is C10H18N4O3S2. The number of thiazole rings is 1. The van der Waals surface area contributed by atoms with Gasteiger partial charge >= 0.3 is 0 Å². The summed E-state index contributed by atoms with van der Waals surface area (Å²) in [7, 11) is 0.677. The second kappa shape index (κ2) is 8.08. The minimum Gasteiger partial charge on any atom is -0.383 e. The van der Waals surface area contributed by atoms with Crippen molar-refractivity contribution in [2.45, 2.75) is 0 Å². The number of ether oxygens (including phenoxy) is 1. The molecule has 1 atom stereocenters. The number of rotatable bonds is 8. The van der Waals surface area contributed by atoms with Crippen LogP contribution >= 0.6 is 11.3 Å². The molecule has 0 saturated heterocycles. The first-order chi connectivity index (χ1) is 9.04. The molecule has 0 aliphatic heterocycles. The Labute approximate surface area is 118 Å². The van der Waals surface area contributed by atoms with Crippen molar-refractivity contribution in [3.8, 4) is 0 Å². The lowest BCUT2D eigenvalue weighted by atomic mass is 10.4. The fourth-order valence-electron chi connectivity index (χ4n) is 1.22. The van der Waals surface area contributed by atoms with Crippen molar-refractivity contribution in [1.82, 2.24) is 10.3 Å². The maximum atomic E-state index is 11.8. The summed E-state index contributed by atoms with van der Waals surface area (Å²) < 4.78 is 15.8. The third kappa shape index (κ3) is 5.53. The number of anilines is 2. The minimum atomic E-state index is -0.928. The van der Waals surface area contributed by atoms with Crippen molar-refractivity contribution >= 4 is 39.0 Å². The number of nitrogen functional groups attached to an aromatic ring is 1. The molecule has 19 heavy (non-hydrogen) atoms. The van der Waals surface area contributed by atoms with Gasteiger partial charge < -0.3 is 21.1 Å². The number of carbonyl (C=O) groups excluding carboxylic acids is 1. The molecule has 4 N–H and O–H groups in total. The molecule has 0 aromatic carbocycles. The summed E-state index contributed by atoms with van der Waals surface area (Å²) in [6, 6.07) is 0. The third-order valence-electron chi connectivity index (χ3n) is 2.12. The molecule has 1 amide bonds. The number of nitrogens with zero attached hydrogens (tertiary/aromatic N) is 1. The average Bonchev–Trinajstić information content (AvgIpc) is 2.70. The Morgan fingerprint density at radius 3 is 2.89 bits per heavy atom. The van der Waals surface area contributed by atoms with Gasteiger partial charge in [-0.1, -0.05) is 11.3 Å². The van der Waals surface area contributed by atoms with Crippen molar-refractivity contribution < 1.29 is 13.7 Å². The molecule has 0 saturated carbocycles. The standard InChI is InChI=1S/C10H18N4O3S2/c1-17-5-3-13-10-14-8(11)7(18-10)9(15)12-4-6-19(2)16/h3-6,11H2,1-2H3,(H,12,15)(H,13,14). The Hall–Kier alpha value is -1.19.